The van der Waals surface area contributed by atoms with Crippen LogP contribution in [0.1, 0.15) is 72.1 Å². The fourth-order valence-electron chi connectivity index (χ4n) is 3.75. The Bertz CT molecular complexity index is 922. The van der Waals surface area contributed by atoms with E-state index in [2.05, 4.69) is 23.3 Å². The number of carbonyl (C=O) groups excluding carboxylic acids is 3. The van der Waals surface area contributed by atoms with Gasteiger partial charge in [-0.05, 0) is 66.4 Å². The third-order valence-electron chi connectivity index (χ3n) is 5.44. The highest BCUT2D eigenvalue weighted by molar-refractivity contribution is 7.80. The molecule has 8 nitrogen and oxygen atoms in total. The highest BCUT2D eigenvalue weighted by Crippen LogP contribution is 2.43. The SMILES string of the molecule is Cc1cccc(C(C(=O)NC(C)(C)C)N(C(=O)C(CS)NC(=O)OC(C)(C)C)C2CC2C)c1O. The Morgan fingerprint density at radius 1 is 1.21 bits per heavy atom. The van der Waals surface area contributed by atoms with Crippen LogP contribution in [0.5, 0.6) is 5.75 Å². The van der Waals surface area contributed by atoms with Crippen LogP contribution in [0.2, 0.25) is 0 Å². The number of aromatic hydroxyl groups is 1. The molecule has 1 saturated carbocycles. The number of phenolic OH excluding ortho intramolecular Hbond substituents is 1. The van der Waals surface area contributed by atoms with Crippen molar-refractivity contribution in [2.45, 2.75) is 91.1 Å². The van der Waals surface area contributed by atoms with Gasteiger partial charge in [-0.2, -0.15) is 12.6 Å². The lowest BCUT2D eigenvalue weighted by Crippen LogP contribution is -2.56. The molecule has 3 amide bonds. The second-order valence-electron chi connectivity index (χ2n) is 11.1. The molecular weight excluding hydrogens is 454 g/mol. The van der Waals surface area contributed by atoms with Crippen LogP contribution in [-0.4, -0.2) is 56.9 Å². The molecule has 0 saturated heterocycles. The minimum absolute atomic E-state index is 0.0170. The van der Waals surface area contributed by atoms with Gasteiger partial charge in [-0.3, -0.25) is 9.59 Å². The smallest absolute Gasteiger partial charge is 0.408 e. The van der Waals surface area contributed by atoms with Crippen molar-refractivity contribution in [1.29, 1.82) is 0 Å². The molecular formula is C25H39N3O5S. The van der Waals surface area contributed by atoms with E-state index in [0.29, 0.717) is 17.5 Å². The first kappa shape index (κ1) is 27.8. The number of rotatable bonds is 7. The standard InChI is InChI=1S/C25H39N3O5S/c1-14-10-9-11-16(20(14)29)19(21(30)27-24(3,4)5)28(18-12-15(18)2)22(31)17(13-34)26-23(32)33-25(6,7)8/h9-11,15,17-19,29,34H,12-13H2,1-8H3,(H,26,32)(H,27,30). The predicted molar refractivity (Wildman–Crippen MR) is 135 cm³/mol. The fourth-order valence-corrected chi connectivity index (χ4v) is 3.99. The maximum absolute atomic E-state index is 13.8. The minimum atomic E-state index is -1.08. The van der Waals surface area contributed by atoms with E-state index in [1.54, 1.807) is 45.9 Å². The van der Waals surface area contributed by atoms with Gasteiger partial charge in [0.05, 0.1) is 0 Å². The first-order valence-corrected chi connectivity index (χ1v) is 12.2. The summed E-state index contributed by atoms with van der Waals surface area (Å²) < 4.78 is 5.32. The van der Waals surface area contributed by atoms with Crippen molar-refractivity contribution in [3.63, 3.8) is 0 Å². The highest BCUT2D eigenvalue weighted by atomic mass is 32.1. The Hall–Kier alpha value is -2.42. The summed E-state index contributed by atoms with van der Waals surface area (Å²) in [5, 5.41) is 16.4. The zero-order chi connectivity index (χ0) is 26.0. The van der Waals surface area contributed by atoms with Gasteiger partial charge in [-0.15, -0.1) is 0 Å². The molecule has 4 atom stereocenters. The summed E-state index contributed by atoms with van der Waals surface area (Å²) in [6, 6.07) is 2.83. The van der Waals surface area contributed by atoms with Gasteiger partial charge in [0.15, 0.2) is 0 Å². The van der Waals surface area contributed by atoms with Crippen molar-refractivity contribution in [2.75, 3.05) is 5.75 Å². The molecule has 1 aromatic rings. The Labute approximate surface area is 208 Å². The summed E-state index contributed by atoms with van der Waals surface area (Å²) in [7, 11) is 0. The maximum Gasteiger partial charge on any atom is 0.408 e. The van der Waals surface area contributed by atoms with Crippen molar-refractivity contribution >= 4 is 30.5 Å². The van der Waals surface area contributed by atoms with Crippen LogP contribution in [0.25, 0.3) is 0 Å². The molecule has 0 radical (unpaired) electrons. The van der Waals surface area contributed by atoms with E-state index in [0.717, 1.165) is 0 Å². The first-order valence-electron chi connectivity index (χ1n) is 11.6. The van der Waals surface area contributed by atoms with Crippen molar-refractivity contribution in [3.05, 3.63) is 29.3 Å². The zero-order valence-corrected chi connectivity index (χ0v) is 22.3. The van der Waals surface area contributed by atoms with Gasteiger partial charge in [0.25, 0.3) is 0 Å². The Balaban J connectivity index is 2.51. The molecule has 0 bridgehead atoms. The quantitative estimate of drug-likeness (QED) is 0.433. The van der Waals surface area contributed by atoms with Crippen LogP contribution in [0.3, 0.4) is 0 Å². The summed E-state index contributed by atoms with van der Waals surface area (Å²) in [5.41, 5.74) is -0.359. The van der Waals surface area contributed by atoms with E-state index in [1.165, 1.54) is 4.90 Å². The number of ether oxygens (including phenoxy) is 1. The monoisotopic (exact) mass is 493 g/mol. The number of carbonyl (C=O) groups is 3. The number of amides is 3. The Morgan fingerprint density at radius 3 is 2.26 bits per heavy atom. The van der Waals surface area contributed by atoms with Crippen LogP contribution in [-0.2, 0) is 14.3 Å². The molecule has 190 valence electrons. The van der Waals surface area contributed by atoms with Gasteiger partial charge in [0, 0.05) is 22.9 Å². The number of hydrogen-bond donors (Lipinski definition) is 4. The third kappa shape index (κ3) is 7.29. The van der Waals surface area contributed by atoms with Crippen LogP contribution < -0.4 is 10.6 Å². The molecule has 0 aromatic heterocycles. The second-order valence-corrected chi connectivity index (χ2v) is 11.4. The van der Waals surface area contributed by atoms with Gasteiger partial charge < -0.3 is 25.4 Å². The number of hydrogen-bond acceptors (Lipinski definition) is 6. The molecule has 0 spiro atoms. The number of para-hydroxylation sites is 1. The molecule has 0 aliphatic heterocycles. The van der Waals surface area contributed by atoms with E-state index in [1.807, 2.05) is 27.7 Å². The van der Waals surface area contributed by atoms with E-state index < -0.39 is 41.1 Å². The third-order valence-corrected chi connectivity index (χ3v) is 5.80. The van der Waals surface area contributed by atoms with Crippen LogP contribution in [0.4, 0.5) is 4.79 Å². The van der Waals surface area contributed by atoms with Crippen LogP contribution in [0, 0.1) is 12.8 Å². The van der Waals surface area contributed by atoms with Gasteiger partial charge in [-0.25, -0.2) is 4.79 Å². The van der Waals surface area contributed by atoms with Crippen molar-refractivity contribution in [3.8, 4) is 5.75 Å². The lowest BCUT2D eigenvalue weighted by molar-refractivity contribution is -0.143. The first-order chi connectivity index (χ1) is 15.6. The van der Waals surface area contributed by atoms with E-state index in [9.17, 15) is 19.5 Å². The number of nitrogens with zero attached hydrogens (tertiary/aromatic N) is 1. The molecule has 2 rings (SSSR count). The molecule has 1 aliphatic carbocycles. The predicted octanol–water partition coefficient (Wildman–Crippen LogP) is 3.72. The van der Waals surface area contributed by atoms with Crippen molar-refractivity contribution in [1.82, 2.24) is 15.5 Å². The molecule has 1 fully saturated rings. The van der Waals surface area contributed by atoms with Gasteiger partial charge in [0.2, 0.25) is 11.8 Å². The Morgan fingerprint density at radius 2 is 1.79 bits per heavy atom. The van der Waals surface area contributed by atoms with E-state index in [-0.39, 0.29) is 23.5 Å². The molecule has 4 unspecified atom stereocenters. The zero-order valence-electron chi connectivity index (χ0n) is 21.4. The summed E-state index contributed by atoms with van der Waals surface area (Å²) >= 11 is 4.29. The average molecular weight is 494 g/mol. The number of alkyl carbamates (subject to hydrolysis) is 1. The molecule has 0 heterocycles. The Kier molecular flexibility index (Phi) is 8.56. The molecule has 1 aromatic carbocycles. The maximum atomic E-state index is 13.8. The van der Waals surface area contributed by atoms with Crippen LogP contribution in [0.15, 0.2) is 18.2 Å². The van der Waals surface area contributed by atoms with E-state index in [4.69, 9.17) is 4.74 Å². The van der Waals surface area contributed by atoms with Crippen LogP contribution >= 0.6 is 12.6 Å². The van der Waals surface area contributed by atoms with Gasteiger partial charge >= 0.3 is 6.09 Å². The molecule has 1 aliphatic rings. The number of phenols is 1. The summed E-state index contributed by atoms with van der Waals surface area (Å²) in [6.07, 6.45) is -0.0265. The molecule has 9 heteroatoms. The van der Waals surface area contributed by atoms with Crippen molar-refractivity contribution < 1.29 is 24.2 Å². The summed E-state index contributed by atoms with van der Waals surface area (Å²) in [5.74, 6) is -0.711. The fraction of sp³-hybridized carbons (Fsp3) is 0.640. The van der Waals surface area contributed by atoms with E-state index >= 15 is 0 Å². The molecule has 3 N–H and O–H groups in total. The topological polar surface area (TPSA) is 108 Å². The number of thiol groups is 1. The average Bonchev–Trinajstić information content (AvgIpc) is 3.39. The number of nitrogens with one attached hydrogen (secondary N) is 2. The number of aryl methyl sites for hydroxylation is 1. The molecule has 34 heavy (non-hydrogen) atoms. The van der Waals surface area contributed by atoms with Crippen molar-refractivity contribution in [2.24, 2.45) is 5.92 Å². The highest BCUT2D eigenvalue weighted by Gasteiger charge is 2.49. The van der Waals surface area contributed by atoms with Gasteiger partial charge in [-0.1, -0.05) is 25.1 Å². The summed E-state index contributed by atoms with van der Waals surface area (Å²) in [6.45, 7) is 14.5. The lowest BCUT2D eigenvalue weighted by Gasteiger charge is -2.36. The largest absolute Gasteiger partial charge is 0.507 e. The normalized spacial score (nSPS) is 19.6. The summed E-state index contributed by atoms with van der Waals surface area (Å²) in [4.78, 5) is 41.3. The lowest BCUT2D eigenvalue weighted by atomic mass is 9.97. The van der Waals surface area contributed by atoms with Gasteiger partial charge in [0.1, 0.15) is 23.4 Å². The second kappa shape index (κ2) is 10.5. The minimum Gasteiger partial charge on any atom is -0.507 e. The number of benzene rings is 1.